The number of ether oxygens (including phenoxy) is 1. The average Bonchev–Trinajstić information content (AvgIpc) is 2.62. The van der Waals surface area contributed by atoms with E-state index in [1.165, 1.54) is 16.7 Å². The van der Waals surface area contributed by atoms with Crippen molar-refractivity contribution < 1.29 is 24.2 Å². The predicted molar refractivity (Wildman–Crippen MR) is 108 cm³/mol. The largest absolute Gasteiger partial charge is 0.480 e. The van der Waals surface area contributed by atoms with E-state index in [9.17, 15) is 19.5 Å². The van der Waals surface area contributed by atoms with Crippen LogP contribution in [0.25, 0.3) is 0 Å². The zero-order chi connectivity index (χ0) is 20.9. The Hall–Kier alpha value is -2.22. The van der Waals surface area contributed by atoms with Crippen LogP contribution in [0.5, 0.6) is 0 Å². The van der Waals surface area contributed by atoms with E-state index in [1.54, 1.807) is 20.8 Å². The highest BCUT2D eigenvalue weighted by atomic mass is 32.2. The topological polar surface area (TPSA) is 95.9 Å². The highest BCUT2D eigenvalue weighted by molar-refractivity contribution is 7.98. The fourth-order valence-corrected chi connectivity index (χ4v) is 3.50. The van der Waals surface area contributed by atoms with Gasteiger partial charge in [0.15, 0.2) is 0 Å². The summed E-state index contributed by atoms with van der Waals surface area (Å²) < 4.78 is 5.48. The monoisotopic (exact) mass is 408 g/mol. The smallest absolute Gasteiger partial charge is 0.411 e. The van der Waals surface area contributed by atoms with Gasteiger partial charge in [-0.2, -0.15) is 11.8 Å². The summed E-state index contributed by atoms with van der Waals surface area (Å²) in [5.74, 6) is -0.947. The summed E-state index contributed by atoms with van der Waals surface area (Å²) in [6.45, 7) is 5.54. The van der Waals surface area contributed by atoms with Crippen molar-refractivity contribution in [3.63, 3.8) is 0 Å². The molecular weight excluding hydrogens is 380 g/mol. The molecule has 28 heavy (non-hydrogen) atoms. The first-order valence-corrected chi connectivity index (χ1v) is 10.6. The van der Waals surface area contributed by atoms with E-state index < -0.39 is 35.7 Å². The summed E-state index contributed by atoms with van der Waals surface area (Å²) in [7, 11) is 0. The number of nitrogens with zero attached hydrogens (tertiary/aromatic N) is 1. The Bertz CT molecular complexity index is 732. The number of hydrogen-bond acceptors (Lipinski definition) is 5. The van der Waals surface area contributed by atoms with Crippen LogP contribution in [0.2, 0.25) is 0 Å². The number of carboxylic acid groups (broad SMARTS) is 1. The molecule has 0 saturated carbocycles. The Balaban J connectivity index is 2.24. The summed E-state index contributed by atoms with van der Waals surface area (Å²) in [6.07, 6.45) is 1.93. The second-order valence-electron chi connectivity index (χ2n) is 7.78. The van der Waals surface area contributed by atoms with Crippen LogP contribution in [0.3, 0.4) is 0 Å². The van der Waals surface area contributed by atoms with Crippen molar-refractivity contribution >= 4 is 29.7 Å². The normalized spacial score (nSPS) is 17.4. The third-order valence-corrected chi connectivity index (χ3v) is 5.05. The van der Waals surface area contributed by atoms with Gasteiger partial charge < -0.3 is 15.2 Å². The van der Waals surface area contributed by atoms with Gasteiger partial charge in [0.2, 0.25) is 5.91 Å². The molecular formula is C20H28N2O5S. The summed E-state index contributed by atoms with van der Waals surface area (Å²) in [5, 5.41) is 12.0. The maximum atomic E-state index is 12.9. The minimum absolute atomic E-state index is 0.242. The molecule has 0 aliphatic carbocycles. The number of fused-ring (bicyclic) bond motifs is 1. The molecule has 0 radical (unpaired) electrons. The number of carbonyl (C=O) groups excluding carboxylic acids is 2. The lowest BCUT2D eigenvalue weighted by Gasteiger charge is -2.37. The summed E-state index contributed by atoms with van der Waals surface area (Å²) in [4.78, 5) is 38.6. The second kappa shape index (κ2) is 9.32. The van der Waals surface area contributed by atoms with Crippen LogP contribution in [0.4, 0.5) is 4.79 Å². The van der Waals surface area contributed by atoms with Crippen LogP contribution in [-0.4, -0.2) is 57.7 Å². The van der Waals surface area contributed by atoms with Crippen molar-refractivity contribution in [2.24, 2.45) is 0 Å². The zero-order valence-electron chi connectivity index (χ0n) is 16.7. The van der Waals surface area contributed by atoms with E-state index in [4.69, 9.17) is 4.74 Å². The molecule has 1 aliphatic heterocycles. The lowest BCUT2D eigenvalue weighted by atomic mass is 9.93. The molecule has 7 nitrogen and oxygen atoms in total. The molecule has 1 aliphatic rings. The van der Waals surface area contributed by atoms with Crippen molar-refractivity contribution in [2.75, 3.05) is 12.0 Å². The maximum Gasteiger partial charge on any atom is 0.411 e. The fourth-order valence-electron chi connectivity index (χ4n) is 3.03. The highest BCUT2D eigenvalue weighted by Crippen LogP contribution is 2.25. The number of aliphatic carboxylic acids is 1. The molecule has 0 spiro atoms. The summed E-state index contributed by atoms with van der Waals surface area (Å²) in [5.41, 5.74) is 1.23. The Morgan fingerprint density at radius 1 is 1.29 bits per heavy atom. The highest BCUT2D eigenvalue weighted by Gasteiger charge is 2.38. The first-order chi connectivity index (χ1) is 13.1. The molecule has 2 atom stereocenters. The fraction of sp³-hybridized carbons (Fsp3) is 0.550. The van der Waals surface area contributed by atoms with E-state index in [0.29, 0.717) is 18.6 Å². The molecule has 1 heterocycles. The number of benzene rings is 1. The van der Waals surface area contributed by atoms with Gasteiger partial charge in [-0.05, 0) is 50.3 Å². The summed E-state index contributed by atoms with van der Waals surface area (Å²) in [6, 6.07) is 5.80. The lowest BCUT2D eigenvalue weighted by molar-refractivity contribution is -0.142. The molecule has 1 aromatic rings. The maximum absolute atomic E-state index is 12.9. The third-order valence-electron chi connectivity index (χ3n) is 4.40. The first-order valence-electron chi connectivity index (χ1n) is 9.21. The van der Waals surface area contributed by atoms with E-state index >= 15 is 0 Å². The van der Waals surface area contributed by atoms with Gasteiger partial charge in [0.05, 0.1) is 6.54 Å². The van der Waals surface area contributed by atoms with Crippen molar-refractivity contribution in [1.29, 1.82) is 0 Å². The van der Waals surface area contributed by atoms with Gasteiger partial charge in [0.1, 0.15) is 17.7 Å². The molecule has 2 N–H and O–H groups in total. The van der Waals surface area contributed by atoms with Gasteiger partial charge in [0, 0.05) is 6.42 Å². The van der Waals surface area contributed by atoms with Crippen LogP contribution in [0, 0.1) is 0 Å². The summed E-state index contributed by atoms with van der Waals surface area (Å²) >= 11 is 1.51. The lowest BCUT2D eigenvalue weighted by Crippen LogP contribution is -2.56. The quantitative estimate of drug-likeness (QED) is 0.751. The van der Waals surface area contributed by atoms with Crippen LogP contribution in [0.1, 0.15) is 38.3 Å². The number of amides is 2. The van der Waals surface area contributed by atoms with Crippen LogP contribution >= 0.6 is 11.8 Å². The zero-order valence-corrected chi connectivity index (χ0v) is 17.5. The van der Waals surface area contributed by atoms with E-state index in [0.717, 1.165) is 11.1 Å². The Kier molecular flexibility index (Phi) is 7.35. The van der Waals surface area contributed by atoms with Gasteiger partial charge in [-0.25, -0.2) is 9.59 Å². The number of thioether (sulfide) groups is 1. The number of rotatable bonds is 6. The van der Waals surface area contributed by atoms with Crippen LogP contribution in [-0.2, 0) is 27.3 Å². The molecule has 154 valence electrons. The molecule has 0 saturated heterocycles. The third kappa shape index (κ3) is 5.89. The Morgan fingerprint density at radius 2 is 1.93 bits per heavy atom. The average molecular weight is 409 g/mol. The van der Waals surface area contributed by atoms with E-state index in [1.807, 2.05) is 30.5 Å². The van der Waals surface area contributed by atoms with E-state index in [2.05, 4.69) is 5.32 Å². The minimum Gasteiger partial charge on any atom is -0.480 e. The van der Waals surface area contributed by atoms with Crippen molar-refractivity contribution in [2.45, 2.75) is 57.8 Å². The van der Waals surface area contributed by atoms with Gasteiger partial charge in [-0.15, -0.1) is 0 Å². The first kappa shape index (κ1) is 22.1. The second-order valence-corrected chi connectivity index (χ2v) is 8.76. The molecule has 1 aromatic carbocycles. The molecule has 0 fully saturated rings. The predicted octanol–water partition coefficient (Wildman–Crippen LogP) is 2.67. The Morgan fingerprint density at radius 3 is 2.50 bits per heavy atom. The molecule has 0 unspecified atom stereocenters. The van der Waals surface area contributed by atoms with Gasteiger partial charge in [-0.3, -0.25) is 9.69 Å². The molecule has 8 heteroatoms. The van der Waals surface area contributed by atoms with Crippen LogP contribution < -0.4 is 5.32 Å². The van der Waals surface area contributed by atoms with Crippen molar-refractivity contribution in [3.8, 4) is 0 Å². The Labute approximate surface area is 169 Å². The van der Waals surface area contributed by atoms with Gasteiger partial charge in [-0.1, -0.05) is 24.3 Å². The minimum atomic E-state index is -1.08. The van der Waals surface area contributed by atoms with Gasteiger partial charge >= 0.3 is 12.1 Å². The number of nitrogens with one attached hydrogen (secondary N) is 1. The van der Waals surface area contributed by atoms with Crippen molar-refractivity contribution in [1.82, 2.24) is 10.2 Å². The standard InChI is InChI=1S/C20H28N2O5S/c1-20(2,3)27-19(26)22-12-14-8-6-5-7-13(14)11-16(22)17(23)21-15(18(24)25)9-10-28-4/h5-8,15-16H,9-12H2,1-4H3,(H,21,23)(H,24,25)/t15-,16-/m0/s1. The van der Waals surface area contributed by atoms with Crippen molar-refractivity contribution in [3.05, 3.63) is 35.4 Å². The number of carboxylic acids is 1. The SMILES string of the molecule is CSCC[C@H](NC(=O)[C@@H]1Cc2ccccc2CN1C(=O)OC(C)(C)C)C(=O)O. The molecule has 2 amide bonds. The molecule has 2 rings (SSSR count). The molecule has 0 bridgehead atoms. The van der Waals surface area contributed by atoms with E-state index in [-0.39, 0.29) is 6.54 Å². The van der Waals surface area contributed by atoms with Crippen LogP contribution in [0.15, 0.2) is 24.3 Å². The van der Waals surface area contributed by atoms with Gasteiger partial charge in [0.25, 0.3) is 0 Å². The number of hydrogen-bond donors (Lipinski definition) is 2. The number of carbonyl (C=O) groups is 3. The molecule has 0 aromatic heterocycles.